The summed E-state index contributed by atoms with van der Waals surface area (Å²) in [6.07, 6.45) is 1.72. The quantitative estimate of drug-likeness (QED) is 0.726. The van der Waals surface area contributed by atoms with Crippen molar-refractivity contribution in [3.8, 4) is 0 Å². The van der Waals surface area contributed by atoms with Crippen LogP contribution in [0.4, 0.5) is 10.1 Å². The monoisotopic (exact) mass is 443 g/mol. The molecule has 0 aliphatic carbocycles. The topological polar surface area (TPSA) is 43.9 Å². The summed E-state index contributed by atoms with van der Waals surface area (Å²) in [7, 11) is 3.77. The summed E-state index contributed by atoms with van der Waals surface area (Å²) < 4.78 is 13.4. The van der Waals surface area contributed by atoms with Crippen molar-refractivity contribution in [2.45, 2.75) is 24.7 Å². The molecule has 0 saturated carbocycles. The number of carbonyl (C=O) groups is 2. The molecule has 0 aromatic heterocycles. The van der Waals surface area contributed by atoms with Crippen LogP contribution >= 0.6 is 11.6 Å². The second kappa shape index (κ2) is 8.60. The highest BCUT2D eigenvalue weighted by Crippen LogP contribution is 2.48. The highest BCUT2D eigenvalue weighted by atomic mass is 35.5. The SMILES string of the molecule is CN(C)CC(=O)N1CC2(CCN(C(=O)Cc3cccc(F)c3)CC2)c2cc(Cl)ccc21. The van der Waals surface area contributed by atoms with Crippen molar-refractivity contribution in [2.24, 2.45) is 0 Å². The minimum atomic E-state index is -0.329. The van der Waals surface area contributed by atoms with Crippen LogP contribution in [-0.4, -0.2) is 61.9 Å². The molecule has 1 saturated heterocycles. The molecule has 0 radical (unpaired) electrons. The van der Waals surface area contributed by atoms with E-state index in [0.717, 1.165) is 24.1 Å². The van der Waals surface area contributed by atoms with E-state index < -0.39 is 0 Å². The Hall–Kier alpha value is -2.44. The maximum Gasteiger partial charge on any atom is 0.241 e. The number of nitrogens with zero attached hydrogens (tertiary/aromatic N) is 3. The highest BCUT2D eigenvalue weighted by molar-refractivity contribution is 6.30. The van der Waals surface area contributed by atoms with Crippen molar-refractivity contribution in [3.63, 3.8) is 0 Å². The molecular formula is C24H27ClFN3O2. The number of benzene rings is 2. The fraction of sp³-hybridized carbons (Fsp3) is 0.417. The summed E-state index contributed by atoms with van der Waals surface area (Å²) in [4.78, 5) is 31.3. The number of rotatable bonds is 4. The molecule has 2 amide bonds. The standard InChI is InChI=1S/C24H27ClFN3O2/c1-27(2)15-23(31)29-16-24(20-14-18(25)6-7-21(20)29)8-10-28(11-9-24)22(30)13-17-4-3-5-19(26)12-17/h3-7,12,14H,8-11,13,15-16H2,1-2H3. The smallest absolute Gasteiger partial charge is 0.241 e. The first-order chi connectivity index (χ1) is 14.8. The van der Waals surface area contributed by atoms with Crippen LogP contribution in [0.25, 0.3) is 0 Å². The molecule has 164 valence electrons. The van der Waals surface area contributed by atoms with E-state index in [4.69, 9.17) is 11.6 Å². The summed E-state index contributed by atoms with van der Waals surface area (Å²) in [6, 6.07) is 11.9. The van der Waals surface area contributed by atoms with E-state index >= 15 is 0 Å². The Balaban J connectivity index is 1.50. The van der Waals surface area contributed by atoms with Gasteiger partial charge in [0.1, 0.15) is 5.82 Å². The number of anilines is 1. The van der Waals surface area contributed by atoms with Crippen molar-refractivity contribution in [2.75, 3.05) is 45.2 Å². The van der Waals surface area contributed by atoms with Crippen molar-refractivity contribution in [1.82, 2.24) is 9.80 Å². The number of hydrogen-bond acceptors (Lipinski definition) is 3. The van der Waals surface area contributed by atoms with Gasteiger partial charge in [-0.1, -0.05) is 23.7 Å². The maximum absolute atomic E-state index is 13.4. The molecule has 1 fully saturated rings. The predicted octanol–water partition coefficient (Wildman–Crippen LogP) is 3.49. The Morgan fingerprint density at radius 2 is 1.84 bits per heavy atom. The molecule has 0 bridgehead atoms. The summed E-state index contributed by atoms with van der Waals surface area (Å²) in [5.41, 5.74) is 2.52. The molecule has 0 atom stereocenters. The number of halogens is 2. The zero-order valence-corrected chi connectivity index (χ0v) is 18.7. The van der Waals surface area contributed by atoms with Crippen molar-refractivity contribution < 1.29 is 14.0 Å². The average Bonchev–Trinajstić information content (AvgIpc) is 3.01. The Labute approximate surface area is 187 Å². The van der Waals surface area contributed by atoms with E-state index in [0.29, 0.717) is 36.8 Å². The van der Waals surface area contributed by atoms with Gasteiger partial charge in [-0.05, 0) is 68.4 Å². The van der Waals surface area contributed by atoms with Gasteiger partial charge < -0.3 is 14.7 Å². The first kappa shape index (κ1) is 21.8. The number of likely N-dealkylation sites (tertiary alicyclic amines) is 1. The molecule has 2 aromatic carbocycles. The van der Waals surface area contributed by atoms with E-state index in [1.165, 1.54) is 12.1 Å². The summed E-state index contributed by atoms with van der Waals surface area (Å²) in [5, 5.41) is 0.657. The third-order valence-corrected chi connectivity index (χ3v) is 6.59. The summed E-state index contributed by atoms with van der Waals surface area (Å²) in [5.74, 6) is -0.259. The Morgan fingerprint density at radius 3 is 2.52 bits per heavy atom. The fourth-order valence-corrected chi connectivity index (χ4v) is 4.94. The van der Waals surface area contributed by atoms with Crippen LogP contribution in [0.2, 0.25) is 5.02 Å². The van der Waals surface area contributed by atoms with Gasteiger partial charge in [0.15, 0.2) is 0 Å². The number of piperidine rings is 1. The van der Waals surface area contributed by atoms with Gasteiger partial charge in [0.05, 0.1) is 13.0 Å². The van der Waals surface area contributed by atoms with Gasteiger partial charge in [-0.3, -0.25) is 9.59 Å². The summed E-state index contributed by atoms with van der Waals surface area (Å²) >= 11 is 6.31. The minimum absolute atomic E-state index is 0.00491. The zero-order valence-electron chi connectivity index (χ0n) is 17.9. The van der Waals surface area contributed by atoms with Crippen molar-refractivity contribution >= 4 is 29.1 Å². The Kier molecular flexibility index (Phi) is 6.04. The van der Waals surface area contributed by atoms with Crippen LogP contribution in [0, 0.1) is 5.82 Å². The van der Waals surface area contributed by atoms with Crippen molar-refractivity contribution in [3.05, 3.63) is 64.4 Å². The molecule has 2 aliphatic rings. The Bertz CT molecular complexity index is 1000. The molecule has 31 heavy (non-hydrogen) atoms. The van der Waals surface area contributed by atoms with Crippen molar-refractivity contribution in [1.29, 1.82) is 0 Å². The van der Waals surface area contributed by atoms with Crippen LogP contribution in [0.15, 0.2) is 42.5 Å². The van der Waals surface area contributed by atoms with Gasteiger partial charge in [0.25, 0.3) is 0 Å². The number of amides is 2. The van der Waals surface area contributed by atoms with Crippen LogP contribution in [0.5, 0.6) is 0 Å². The van der Waals surface area contributed by atoms with Gasteiger partial charge >= 0.3 is 0 Å². The van der Waals surface area contributed by atoms with E-state index in [1.54, 1.807) is 12.1 Å². The predicted molar refractivity (Wildman–Crippen MR) is 120 cm³/mol. The zero-order chi connectivity index (χ0) is 22.2. The van der Waals surface area contributed by atoms with E-state index in [1.807, 2.05) is 47.0 Å². The van der Waals surface area contributed by atoms with Gasteiger partial charge in [-0.25, -0.2) is 4.39 Å². The van der Waals surface area contributed by atoms with Gasteiger partial charge in [0, 0.05) is 35.8 Å². The van der Waals surface area contributed by atoms with E-state index in [9.17, 15) is 14.0 Å². The molecule has 2 aromatic rings. The molecule has 7 heteroatoms. The molecule has 2 heterocycles. The lowest BCUT2D eigenvalue weighted by atomic mass is 9.74. The van der Waals surface area contributed by atoms with Gasteiger partial charge in [-0.2, -0.15) is 0 Å². The molecule has 0 N–H and O–H groups in total. The maximum atomic E-state index is 13.4. The Morgan fingerprint density at radius 1 is 1.10 bits per heavy atom. The van der Waals surface area contributed by atoms with Crippen LogP contribution in [0.1, 0.15) is 24.0 Å². The number of carbonyl (C=O) groups excluding carboxylic acids is 2. The van der Waals surface area contributed by atoms with Gasteiger partial charge in [-0.15, -0.1) is 0 Å². The van der Waals surface area contributed by atoms with Crippen LogP contribution < -0.4 is 4.90 Å². The van der Waals surface area contributed by atoms with E-state index in [-0.39, 0.29) is 29.5 Å². The minimum Gasteiger partial charge on any atom is -0.342 e. The molecule has 0 unspecified atom stereocenters. The van der Waals surface area contributed by atoms with Crippen LogP contribution in [-0.2, 0) is 21.4 Å². The number of likely N-dealkylation sites (N-methyl/N-ethyl adjacent to an activating group) is 1. The second-order valence-corrected chi connectivity index (χ2v) is 9.28. The molecular weight excluding hydrogens is 417 g/mol. The van der Waals surface area contributed by atoms with E-state index in [2.05, 4.69) is 0 Å². The first-order valence-electron chi connectivity index (χ1n) is 10.5. The second-order valence-electron chi connectivity index (χ2n) is 8.85. The molecule has 1 spiro atoms. The molecule has 5 nitrogen and oxygen atoms in total. The fourth-order valence-electron chi connectivity index (χ4n) is 4.76. The van der Waals surface area contributed by atoms with Crippen LogP contribution in [0.3, 0.4) is 0 Å². The van der Waals surface area contributed by atoms with Gasteiger partial charge in [0.2, 0.25) is 11.8 Å². The highest BCUT2D eigenvalue weighted by Gasteiger charge is 2.46. The number of hydrogen-bond donors (Lipinski definition) is 0. The number of fused-ring (bicyclic) bond motifs is 2. The average molecular weight is 444 g/mol. The lowest BCUT2D eigenvalue weighted by molar-refractivity contribution is -0.132. The third-order valence-electron chi connectivity index (χ3n) is 6.35. The normalized spacial score (nSPS) is 17.3. The summed E-state index contributed by atoms with van der Waals surface area (Å²) in [6.45, 7) is 2.17. The molecule has 2 aliphatic heterocycles. The molecule has 4 rings (SSSR count). The lowest BCUT2D eigenvalue weighted by Crippen LogP contribution is -2.48. The largest absolute Gasteiger partial charge is 0.342 e. The lowest BCUT2D eigenvalue weighted by Gasteiger charge is -2.40. The third kappa shape index (κ3) is 4.46. The first-order valence-corrected chi connectivity index (χ1v) is 10.9.